The third-order valence-electron chi connectivity index (χ3n) is 4.54. The molecule has 1 saturated heterocycles. The summed E-state index contributed by atoms with van der Waals surface area (Å²) >= 11 is 0. The number of hydrogen-bond donors (Lipinski definition) is 1. The maximum Gasteiger partial charge on any atom is 0.0702 e. The van der Waals surface area contributed by atoms with Crippen LogP contribution in [0.15, 0.2) is 0 Å². The zero-order valence-electron chi connectivity index (χ0n) is 12.2. The van der Waals surface area contributed by atoms with Crippen molar-refractivity contribution in [3.63, 3.8) is 0 Å². The van der Waals surface area contributed by atoms with Gasteiger partial charge in [-0.25, -0.2) is 0 Å². The van der Waals surface area contributed by atoms with Gasteiger partial charge in [-0.3, -0.25) is 4.90 Å². The lowest BCUT2D eigenvalue weighted by Gasteiger charge is -2.41. The lowest BCUT2D eigenvalue weighted by atomic mass is 9.89. The van der Waals surface area contributed by atoms with Gasteiger partial charge >= 0.3 is 0 Å². The summed E-state index contributed by atoms with van der Waals surface area (Å²) in [5.74, 6) is 0. The van der Waals surface area contributed by atoms with Crippen LogP contribution in [-0.4, -0.2) is 49.8 Å². The van der Waals surface area contributed by atoms with Crippen molar-refractivity contribution in [2.24, 2.45) is 0 Å². The zero-order valence-corrected chi connectivity index (χ0v) is 12.2. The first-order chi connectivity index (χ1) is 8.83. The number of nitrogens with zero attached hydrogens (tertiary/aromatic N) is 1. The van der Waals surface area contributed by atoms with E-state index < -0.39 is 0 Å². The van der Waals surface area contributed by atoms with Gasteiger partial charge in [0.25, 0.3) is 0 Å². The molecular weight excluding hydrogens is 224 g/mol. The maximum absolute atomic E-state index is 5.95. The molecule has 2 aliphatic rings. The van der Waals surface area contributed by atoms with Gasteiger partial charge in [0.05, 0.1) is 6.10 Å². The van der Waals surface area contributed by atoms with Crippen LogP contribution in [-0.2, 0) is 4.74 Å². The first-order valence-corrected chi connectivity index (χ1v) is 7.86. The Morgan fingerprint density at radius 3 is 2.89 bits per heavy atom. The monoisotopic (exact) mass is 254 g/mol. The van der Waals surface area contributed by atoms with Crippen LogP contribution in [0.2, 0.25) is 0 Å². The molecule has 3 atom stereocenters. The Balaban J connectivity index is 1.80. The summed E-state index contributed by atoms with van der Waals surface area (Å²) in [6.07, 6.45) is 9.67. The molecule has 0 bridgehead atoms. The number of likely N-dealkylation sites (tertiary alicyclic amines) is 1. The topological polar surface area (TPSA) is 24.5 Å². The molecule has 0 amide bonds. The first kappa shape index (κ1) is 14.3. The number of nitrogens with one attached hydrogen (secondary N) is 1. The second-order valence-corrected chi connectivity index (χ2v) is 5.94. The summed E-state index contributed by atoms with van der Waals surface area (Å²) in [4.78, 5) is 2.70. The van der Waals surface area contributed by atoms with Crippen LogP contribution in [0.25, 0.3) is 0 Å². The molecule has 1 aliphatic heterocycles. The van der Waals surface area contributed by atoms with Crippen molar-refractivity contribution in [3.8, 4) is 0 Å². The Morgan fingerprint density at radius 2 is 2.11 bits per heavy atom. The molecular formula is C15H30N2O. The van der Waals surface area contributed by atoms with Crippen LogP contribution in [0, 0.1) is 0 Å². The Labute approximate surface area is 112 Å². The van der Waals surface area contributed by atoms with E-state index in [1.807, 2.05) is 0 Å². The maximum atomic E-state index is 5.95. The van der Waals surface area contributed by atoms with Crippen LogP contribution in [0.5, 0.6) is 0 Å². The van der Waals surface area contributed by atoms with E-state index in [0.29, 0.717) is 6.10 Å². The van der Waals surface area contributed by atoms with E-state index in [-0.39, 0.29) is 0 Å². The minimum atomic E-state index is 0.494. The molecule has 18 heavy (non-hydrogen) atoms. The van der Waals surface area contributed by atoms with Crippen molar-refractivity contribution in [1.82, 2.24) is 10.2 Å². The van der Waals surface area contributed by atoms with Crippen molar-refractivity contribution in [1.29, 1.82) is 0 Å². The van der Waals surface area contributed by atoms with E-state index in [1.165, 1.54) is 51.6 Å². The van der Waals surface area contributed by atoms with Gasteiger partial charge in [-0.1, -0.05) is 13.3 Å². The minimum absolute atomic E-state index is 0.494. The fourth-order valence-electron chi connectivity index (χ4n) is 3.48. The summed E-state index contributed by atoms with van der Waals surface area (Å²) in [5.41, 5.74) is 0. The first-order valence-electron chi connectivity index (χ1n) is 7.86. The lowest BCUT2D eigenvalue weighted by Crippen LogP contribution is -2.49. The molecule has 0 radical (unpaired) electrons. The average molecular weight is 254 g/mol. The molecule has 1 saturated carbocycles. The highest BCUT2D eigenvalue weighted by Gasteiger charge is 2.29. The lowest BCUT2D eigenvalue weighted by molar-refractivity contribution is -0.0188. The molecule has 1 aliphatic carbocycles. The van der Waals surface area contributed by atoms with E-state index in [2.05, 4.69) is 24.2 Å². The summed E-state index contributed by atoms with van der Waals surface area (Å²) in [6, 6.07) is 1.53. The fourth-order valence-corrected chi connectivity index (χ4v) is 3.48. The van der Waals surface area contributed by atoms with Gasteiger partial charge in [0.2, 0.25) is 0 Å². The standard InChI is InChI=1S/C15H30N2O/c1-3-10-18-15-8-5-9-17(12-15)14-7-4-6-13(11-14)16-2/h13-16H,3-12H2,1-2H3. The van der Waals surface area contributed by atoms with Gasteiger partial charge in [0, 0.05) is 25.2 Å². The van der Waals surface area contributed by atoms with Gasteiger partial charge < -0.3 is 10.1 Å². The Morgan fingerprint density at radius 1 is 1.22 bits per heavy atom. The molecule has 2 fully saturated rings. The number of hydrogen-bond acceptors (Lipinski definition) is 3. The van der Waals surface area contributed by atoms with Gasteiger partial charge in [0.15, 0.2) is 0 Å². The predicted octanol–water partition coefficient (Wildman–Crippen LogP) is 2.41. The average Bonchev–Trinajstić information content (AvgIpc) is 2.45. The molecule has 3 heteroatoms. The van der Waals surface area contributed by atoms with Crippen molar-refractivity contribution in [3.05, 3.63) is 0 Å². The van der Waals surface area contributed by atoms with Crippen LogP contribution < -0.4 is 5.32 Å². The molecule has 3 nitrogen and oxygen atoms in total. The van der Waals surface area contributed by atoms with Crippen LogP contribution in [0.3, 0.4) is 0 Å². The molecule has 0 aromatic rings. The highest BCUT2D eigenvalue weighted by Crippen LogP contribution is 2.26. The quantitative estimate of drug-likeness (QED) is 0.815. The largest absolute Gasteiger partial charge is 0.377 e. The summed E-state index contributed by atoms with van der Waals surface area (Å²) in [6.45, 7) is 5.58. The third-order valence-corrected chi connectivity index (χ3v) is 4.54. The van der Waals surface area contributed by atoms with Gasteiger partial charge in [-0.15, -0.1) is 0 Å². The molecule has 0 aromatic carbocycles. The van der Waals surface area contributed by atoms with Crippen molar-refractivity contribution in [2.45, 2.75) is 70.1 Å². The SMILES string of the molecule is CCCOC1CCCN(C2CCCC(NC)C2)C1. The van der Waals surface area contributed by atoms with Gasteiger partial charge in [0.1, 0.15) is 0 Å². The number of ether oxygens (including phenoxy) is 1. The highest BCUT2D eigenvalue weighted by atomic mass is 16.5. The summed E-state index contributed by atoms with van der Waals surface area (Å²) < 4.78 is 5.95. The van der Waals surface area contributed by atoms with E-state index in [9.17, 15) is 0 Å². The molecule has 2 rings (SSSR count). The number of rotatable bonds is 5. The van der Waals surface area contributed by atoms with E-state index in [4.69, 9.17) is 4.74 Å². The van der Waals surface area contributed by atoms with E-state index in [1.54, 1.807) is 0 Å². The number of piperidine rings is 1. The van der Waals surface area contributed by atoms with Gasteiger partial charge in [-0.2, -0.15) is 0 Å². The third kappa shape index (κ3) is 3.94. The van der Waals surface area contributed by atoms with Gasteiger partial charge in [-0.05, 0) is 52.1 Å². The molecule has 0 spiro atoms. The molecule has 106 valence electrons. The summed E-state index contributed by atoms with van der Waals surface area (Å²) in [5, 5.41) is 3.46. The van der Waals surface area contributed by atoms with Crippen molar-refractivity contribution in [2.75, 3.05) is 26.7 Å². The van der Waals surface area contributed by atoms with Crippen LogP contribution in [0.1, 0.15) is 51.9 Å². The zero-order chi connectivity index (χ0) is 12.8. The second-order valence-electron chi connectivity index (χ2n) is 5.94. The summed E-state index contributed by atoms with van der Waals surface area (Å²) in [7, 11) is 2.11. The fraction of sp³-hybridized carbons (Fsp3) is 1.00. The van der Waals surface area contributed by atoms with E-state index >= 15 is 0 Å². The van der Waals surface area contributed by atoms with Crippen molar-refractivity contribution < 1.29 is 4.74 Å². The molecule has 1 heterocycles. The normalized spacial score (nSPS) is 34.7. The predicted molar refractivity (Wildman–Crippen MR) is 75.9 cm³/mol. The van der Waals surface area contributed by atoms with Crippen LogP contribution in [0.4, 0.5) is 0 Å². The molecule has 1 N–H and O–H groups in total. The smallest absolute Gasteiger partial charge is 0.0702 e. The second kappa shape index (κ2) is 7.46. The highest BCUT2D eigenvalue weighted by molar-refractivity contribution is 4.86. The van der Waals surface area contributed by atoms with Crippen LogP contribution >= 0.6 is 0 Å². The Kier molecular flexibility index (Phi) is 5.93. The molecule has 3 unspecified atom stereocenters. The minimum Gasteiger partial charge on any atom is -0.377 e. The Hall–Kier alpha value is -0.120. The van der Waals surface area contributed by atoms with Crippen molar-refractivity contribution >= 4 is 0 Å². The molecule has 0 aromatic heterocycles. The van der Waals surface area contributed by atoms with E-state index in [0.717, 1.165) is 25.1 Å². The Bertz CT molecular complexity index is 235.